The molecular weight excluding hydrogens is 490 g/mol. The van der Waals surface area contributed by atoms with Crippen molar-refractivity contribution in [3.8, 4) is 16.9 Å². The third kappa shape index (κ3) is 6.30. The summed E-state index contributed by atoms with van der Waals surface area (Å²) in [7, 11) is 1.68. The fourth-order valence-electron chi connectivity index (χ4n) is 5.14. The van der Waals surface area contributed by atoms with E-state index in [-0.39, 0.29) is 24.0 Å². The first-order chi connectivity index (χ1) is 18.9. The average molecular weight is 528 g/mol. The fourth-order valence-corrected chi connectivity index (χ4v) is 5.14. The van der Waals surface area contributed by atoms with Crippen molar-refractivity contribution >= 4 is 28.8 Å². The molecule has 2 aromatic carbocycles. The first-order valence-electron chi connectivity index (χ1n) is 13.6. The van der Waals surface area contributed by atoms with Gasteiger partial charge >= 0.3 is 0 Å². The number of carbonyl (C=O) groups excluding carboxylic acids is 1. The van der Waals surface area contributed by atoms with E-state index in [1.54, 1.807) is 14.0 Å². The molecule has 2 aromatic heterocycles. The highest BCUT2D eigenvalue weighted by Crippen LogP contribution is 2.27. The second-order valence-electron chi connectivity index (χ2n) is 10.5. The molecule has 5 rings (SSSR count). The van der Waals surface area contributed by atoms with E-state index in [4.69, 9.17) is 14.7 Å². The molecule has 0 bridgehead atoms. The van der Waals surface area contributed by atoms with Crippen molar-refractivity contribution in [1.29, 1.82) is 0 Å². The molecule has 1 fully saturated rings. The summed E-state index contributed by atoms with van der Waals surface area (Å²) < 4.78 is 7.44. The van der Waals surface area contributed by atoms with Gasteiger partial charge in [-0.2, -0.15) is 9.97 Å². The Hall–Kier alpha value is -4.14. The maximum atomic E-state index is 11.4. The summed E-state index contributed by atoms with van der Waals surface area (Å²) in [6.45, 7) is 6.43. The lowest BCUT2D eigenvalue weighted by Gasteiger charge is -2.29. The van der Waals surface area contributed by atoms with Gasteiger partial charge in [0.1, 0.15) is 5.75 Å². The molecule has 0 aliphatic heterocycles. The molecule has 39 heavy (non-hydrogen) atoms. The fraction of sp³-hybridized carbons (Fsp3) is 0.400. The number of hydrogen-bond acceptors (Lipinski definition) is 7. The second-order valence-corrected chi connectivity index (χ2v) is 10.5. The van der Waals surface area contributed by atoms with E-state index >= 15 is 0 Å². The molecule has 9 nitrogen and oxygen atoms in total. The van der Waals surface area contributed by atoms with Crippen molar-refractivity contribution < 1.29 is 9.53 Å². The number of aromatic nitrogens is 4. The number of nitrogens with zero attached hydrogens (tertiary/aromatic N) is 4. The smallest absolute Gasteiger partial charge is 0.227 e. The number of hydrogen-bond donors (Lipinski definition) is 3. The van der Waals surface area contributed by atoms with Crippen molar-refractivity contribution in [3.05, 3.63) is 60.4 Å². The Morgan fingerprint density at radius 3 is 2.46 bits per heavy atom. The number of benzene rings is 2. The van der Waals surface area contributed by atoms with Crippen LogP contribution >= 0.6 is 0 Å². The predicted molar refractivity (Wildman–Crippen MR) is 155 cm³/mol. The van der Waals surface area contributed by atoms with Crippen LogP contribution in [0.15, 0.2) is 54.9 Å². The molecule has 3 N–H and O–H groups in total. The van der Waals surface area contributed by atoms with Gasteiger partial charge in [-0.05, 0) is 68.4 Å². The van der Waals surface area contributed by atoms with E-state index < -0.39 is 0 Å². The largest absolute Gasteiger partial charge is 0.497 e. The van der Waals surface area contributed by atoms with Gasteiger partial charge in [0, 0.05) is 31.6 Å². The van der Waals surface area contributed by atoms with Crippen LogP contribution < -0.4 is 20.7 Å². The zero-order valence-corrected chi connectivity index (χ0v) is 23.1. The first-order valence-corrected chi connectivity index (χ1v) is 13.6. The molecule has 2 heterocycles. The number of amides is 1. The maximum Gasteiger partial charge on any atom is 0.227 e. The van der Waals surface area contributed by atoms with Gasteiger partial charge in [0.25, 0.3) is 0 Å². The average Bonchev–Trinajstić information content (AvgIpc) is 3.37. The van der Waals surface area contributed by atoms with Crippen LogP contribution in [-0.4, -0.2) is 44.6 Å². The quantitative estimate of drug-likeness (QED) is 0.262. The number of nitrogens with one attached hydrogen (secondary N) is 3. The summed E-state index contributed by atoms with van der Waals surface area (Å²) in [6.07, 6.45) is 5.64. The van der Waals surface area contributed by atoms with Crippen molar-refractivity contribution in [2.75, 3.05) is 17.7 Å². The summed E-state index contributed by atoms with van der Waals surface area (Å²) in [6, 6.07) is 17.3. The Morgan fingerprint density at radius 1 is 1.03 bits per heavy atom. The summed E-state index contributed by atoms with van der Waals surface area (Å²) in [5, 5.41) is 10.1. The number of rotatable bonds is 9. The molecule has 4 aromatic rings. The predicted octanol–water partition coefficient (Wildman–Crippen LogP) is 5.55. The Balaban J connectivity index is 1.32. The SMILES string of the molecule is COc1cccc(-c2ccc(CNc3nc(NC4CCC(NC(C)=O)CC4)nc4c3ncn4C(C)C)cc2)c1. The minimum atomic E-state index is 0.0350. The highest BCUT2D eigenvalue weighted by atomic mass is 16.5. The Bertz CT molecular complexity index is 1420. The molecule has 1 saturated carbocycles. The van der Waals surface area contributed by atoms with Gasteiger partial charge in [-0.15, -0.1) is 0 Å². The van der Waals surface area contributed by atoms with Crippen LogP contribution in [-0.2, 0) is 11.3 Å². The normalized spacial score (nSPS) is 17.3. The van der Waals surface area contributed by atoms with Crippen LogP contribution in [0.5, 0.6) is 5.75 Å². The van der Waals surface area contributed by atoms with E-state index in [0.717, 1.165) is 59.3 Å². The molecule has 204 valence electrons. The van der Waals surface area contributed by atoms with Crippen molar-refractivity contribution in [2.45, 2.75) is 71.1 Å². The maximum absolute atomic E-state index is 11.4. The van der Waals surface area contributed by atoms with Crippen LogP contribution in [0.1, 0.15) is 58.1 Å². The molecular formula is C30H37N7O2. The summed E-state index contributed by atoms with van der Waals surface area (Å²) in [5.41, 5.74) is 4.97. The van der Waals surface area contributed by atoms with Crippen molar-refractivity contribution in [3.63, 3.8) is 0 Å². The molecule has 1 aliphatic rings. The highest BCUT2D eigenvalue weighted by Gasteiger charge is 2.23. The lowest BCUT2D eigenvalue weighted by Crippen LogP contribution is -2.39. The van der Waals surface area contributed by atoms with Crippen molar-refractivity contribution in [1.82, 2.24) is 24.8 Å². The molecule has 1 amide bonds. The summed E-state index contributed by atoms with van der Waals surface area (Å²) in [4.78, 5) is 25.7. The zero-order valence-electron chi connectivity index (χ0n) is 23.1. The topological polar surface area (TPSA) is 106 Å². The minimum Gasteiger partial charge on any atom is -0.497 e. The van der Waals surface area contributed by atoms with Gasteiger partial charge < -0.3 is 25.3 Å². The lowest BCUT2D eigenvalue weighted by atomic mass is 9.91. The van der Waals surface area contributed by atoms with Gasteiger partial charge in [-0.1, -0.05) is 36.4 Å². The molecule has 9 heteroatoms. The third-order valence-electron chi connectivity index (χ3n) is 7.26. The van der Waals surface area contributed by atoms with Crippen LogP contribution in [0, 0.1) is 0 Å². The first kappa shape index (κ1) is 26.5. The summed E-state index contributed by atoms with van der Waals surface area (Å²) >= 11 is 0. The van der Waals surface area contributed by atoms with Gasteiger partial charge in [0.2, 0.25) is 11.9 Å². The number of fused-ring (bicyclic) bond motifs is 1. The van der Waals surface area contributed by atoms with Gasteiger partial charge in [-0.25, -0.2) is 4.98 Å². The van der Waals surface area contributed by atoms with Gasteiger partial charge in [-0.3, -0.25) is 4.79 Å². The Kier molecular flexibility index (Phi) is 7.95. The molecule has 0 atom stereocenters. The van der Waals surface area contributed by atoms with E-state index in [1.807, 2.05) is 24.5 Å². The number of carbonyl (C=O) groups is 1. The standard InChI is InChI=1S/C30H37N7O2/c1-19(2)37-18-32-27-28(31-17-21-8-10-22(11-9-21)23-6-5-7-26(16-23)39-4)35-30(36-29(27)37)34-25-14-12-24(13-15-25)33-20(3)38/h5-11,16,18-19,24-25H,12-15,17H2,1-4H3,(H,33,38)(H2,31,34,35,36). The third-order valence-corrected chi connectivity index (χ3v) is 7.26. The van der Waals surface area contributed by atoms with E-state index in [0.29, 0.717) is 18.3 Å². The molecule has 0 unspecified atom stereocenters. The van der Waals surface area contributed by atoms with E-state index in [1.165, 1.54) is 0 Å². The van der Waals surface area contributed by atoms with Crippen LogP contribution in [0.25, 0.3) is 22.3 Å². The van der Waals surface area contributed by atoms with Crippen molar-refractivity contribution in [2.24, 2.45) is 0 Å². The Labute approximate surface area is 229 Å². The minimum absolute atomic E-state index is 0.0350. The van der Waals surface area contributed by atoms with Gasteiger partial charge in [0.05, 0.1) is 13.4 Å². The van der Waals surface area contributed by atoms with E-state index in [2.05, 4.69) is 69.7 Å². The van der Waals surface area contributed by atoms with Gasteiger partial charge in [0.15, 0.2) is 17.0 Å². The van der Waals surface area contributed by atoms with Crippen LogP contribution in [0.3, 0.4) is 0 Å². The number of anilines is 2. The second kappa shape index (κ2) is 11.7. The monoisotopic (exact) mass is 527 g/mol. The summed E-state index contributed by atoms with van der Waals surface area (Å²) in [5.74, 6) is 2.19. The highest BCUT2D eigenvalue weighted by molar-refractivity contribution is 5.84. The van der Waals surface area contributed by atoms with Crippen LogP contribution in [0.4, 0.5) is 11.8 Å². The molecule has 1 aliphatic carbocycles. The van der Waals surface area contributed by atoms with Crippen LogP contribution in [0.2, 0.25) is 0 Å². The molecule has 0 radical (unpaired) electrons. The number of ether oxygens (including phenoxy) is 1. The Morgan fingerprint density at radius 2 is 1.77 bits per heavy atom. The number of imidazole rings is 1. The zero-order chi connectivity index (χ0) is 27.4. The lowest BCUT2D eigenvalue weighted by molar-refractivity contribution is -0.119. The molecule has 0 saturated heterocycles. The van der Waals surface area contributed by atoms with E-state index in [9.17, 15) is 4.79 Å². The number of methoxy groups -OCH3 is 1. The molecule has 0 spiro atoms.